The maximum absolute atomic E-state index is 14.3. The summed E-state index contributed by atoms with van der Waals surface area (Å²) in [5.41, 5.74) is 3.28. The van der Waals surface area contributed by atoms with Gasteiger partial charge in [0, 0.05) is 63.3 Å². The average Bonchev–Trinajstić information content (AvgIpc) is 3.54. The number of benzene rings is 1. The first-order valence-corrected chi connectivity index (χ1v) is 10.6. The van der Waals surface area contributed by atoms with Crippen molar-refractivity contribution in [3.05, 3.63) is 63.5 Å². The number of aromatic nitrogens is 3. The van der Waals surface area contributed by atoms with Gasteiger partial charge in [-0.05, 0) is 37.0 Å². The molecule has 0 bridgehead atoms. The number of nitrogens with zero attached hydrogens (tertiary/aromatic N) is 4. The van der Waals surface area contributed by atoms with Gasteiger partial charge in [0.2, 0.25) is 0 Å². The number of piperazine rings is 1. The lowest BCUT2D eigenvalue weighted by Gasteiger charge is -2.35. The Bertz CT molecular complexity index is 1190. The smallest absolute Gasteiger partial charge is 0.254 e. The van der Waals surface area contributed by atoms with E-state index in [0.29, 0.717) is 12.5 Å². The van der Waals surface area contributed by atoms with E-state index in [1.165, 1.54) is 19.2 Å². The van der Waals surface area contributed by atoms with Crippen molar-refractivity contribution in [1.29, 1.82) is 0 Å². The molecule has 2 N–H and O–H groups in total. The standard InChI is InChI=1S/C22H25FN6O2/c1-24-21(30)17-5-4-16(11-19(17)23)28-8-6-27(7-9-28)12-15-10-20-25-22(31)18(14-2-3-14)13-29(20)26-15/h4-5,10-11,13-14H,2-3,6-9,12H2,1H3,(H,24,30)(H,25,31). The molecule has 3 aromatic rings. The highest BCUT2D eigenvalue weighted by Gasteiger charge is 2.27. The topological polar surface area (TPSA) is 85.7 Å². The lowest BCUT2D eigenvalue weighted by atomic mass is 10.1. The van der Waals surface area contributed by atoms with Gasteiger partial charge >= 0.3 is 0 Å². The second-order valence-corrected chi connectivity index (χ2v) is 8.28. The van der Waals surface area contributed by atoms with Gasteiger partial charge in [-0.2, -0.15) is 5.10 Å². The first kappa shape index (κ1) is 19.7. The summed E-state index contributed by atoms with van der Waals surface area (Å²) in [6.07, 6.45) is 4.01. The van der Waals surface area contributed by atoms with Crippen molar-refractivity contribution in [1.82, 2.24) is 24.8 Å². The van der Waals surface area contributed by atoms with Crippen LogP contribution in [0.1, 0.15) is 40.4 Å². The minimum Gasteiger partial charge on any atom is -0.369 e. The molecule has 3 heterocycles. The van der Waals surface area contributed by atoms with E-state index < -0.39 is 11.7 Å². The van der Waals surface area contributed by atoms with E-state index in [1.807, 2.05) is 12.3 Å². The molecule has 2 aromatic heterocycles. The zero-order chi connectivity index (χ0) is 21.5. The van der Waals surface area contributed by atoms with Gasteiger partial charge in [-0.1, -0.05) is 0 Å². The van der Waals surface area contributed by atoms with Crippen molar-refractivity contribution in [2.45, 2.75) is 25.3 Å². The number of halogens is 1. The molecule has 0 spiro atoms. The van der Waals surface area contributed by atoms with E-state index in [2.05, 4.69) is 25.2 Å². The molecule has 1 aliphatic carbocycles. The molecule has 0 unspecified atom stereocenters. The fraction of sp³-hybridized carbons (Fsp3) is 0.409. The minimum atomic E-state index is -0.511. The third-order valence-electron chi connectivity index (χ3n) is 6.12. The van der Waals surface area contributed by atoms with Gasteiger partial charge in [0.25, 0.3) is 11.5 Å². The van der Waals surface area contributed by atoms with E-state index >= 15 is 0 Å². The summed E-state index contributed by atoms with van der Waals surface area (Å²) in [6, 6.07) is 6.68. The summed E-state index contributed by atoms with van der Waals surface area (Å²) in [5.74, 6) is -0.556. The fourth-order valence-corrected chi connectivity index (χ4v) is 4.19. The number of carbonyl (C=O) groups excluding carboxylic acids is 1. The summed E-state index contributed by atoms with van der Waals surface area (Å²) >= 11 is 0. The van der Waals surface area contributed by atoms with Gasteiger partial charge in [-0.15, -0.1) is 0 Å². The lowest BCUT2D eigenvalue weighted by Crippen LogP contribution is -2.46. The molecular formula is C22H25FN6O2. The molecular weight excluding hydrogens is 399 g/mol. The Kier molecular flexibility index (Phi) is 4.97. The number of rotatable bonds is 5. The molecule has 1 amide bonds. The number of amides is 1. The molecule has 8 nitrogen and oxygen atoms in total. The quantitative estimate of drug-likeness (QED) is 0.652. The Labute approximate surface area is 178 Å². The summed E-state index contributed by atoms with van der Waals surface area (Å²) < 4.78 is 16.1. The number of anilines is 1. The van der Waals surface area contributed by atoms with Crippen LogP contribution in [0.5, 0.6) is 0 Å². The molecule has 0 atom stereocenters. The van der Waals surface area contributed by atoms with Gasteiger partial charge in [0.05, 0.1) is 11.3 Å². The number of H-pyrrole nitrogens is 1. The van der Waals surface area contributed by atoms with Crippen LogP contribution in [-0.4, -0.2) is 58.6 Å². The SMILES string of the molecule is CNC(=O)c1ccc(N2CCN(Cc3cc4[nH]c(=O)c(C5CC5)cn4n3)CC2)cc1F. The number of fused-ring (bicyclic) bond motifs is 1. The van der Waals surface area contributed by atoms with Gasteiger partial charge in [-0.25, -0.2) is 8.91 Å². The maximum atomic E-state index is 14.3. The van der Waals surface area contributed by atoms with Crippen molar-refractivity contribution in [2.24, 2.45) is 0 Å². The Morgan fingerprint density at radius 2 is 2.00 bits per heavy atom. The number of carbonyl (C=O) groups is 1. The minimum absolute atomic E-state index is 0.00951. The summed E-state index contributed by atoms with van der Waals surface area (Å²) in [6.45, 7) is 3.84. The lowest BCUT2D eigenvalue weighted by molar-refractivity contribution is 0.0959. The van der Waals surface area contributed by atoms with Crippen LogP contribution in [-0.2, 0) is 6.54 Å². The third-order valence-corrected chi connectivity index (χ3v) is 6.12. The summed E-state index contributed by atoms with van der Waals surface area (Å²) in [4.78, 5) is 31.3. The van der Waals surface area contributed by atoms with Crippen LogP contribution in [0, 0.1) is 5.82 Å². The van der Waals surface area contributed by atoms with E-state index in [-0.39, 0.29) is 11.1 Å². The molecule has 1 saturated heterocycles. The second kappa shape index (κ2) is 7.81. The molecule has 0 radical (unpaired) electrons. The molecule has 5 rings (SSSR count). The predicted octanol–water partition coefficient (Wildman–Crippen LogP) is 1.72. The molecule has 1 aromatic carbocycles. The van der Waals surface area contributed by atoms with Crippen LogP contribution >= 0.6 is 0 Å². The summed E-state index contributed by atoms with van der Waals surface area (Å²) in [5, 5.41) is 7.09. The molecule has 2 fully saturated rings. The Hall–Kier alpha value is -3.20. The van der Waals surface area contributed by atoms with Crippen molar-refractivity contribution in [3.8, 4) is 0 Å². The van der Waals surface area contributed by atoms with Crippen molar-refractivity contribution in [2.75, 3.05) is 38.1 Å². The van der Waals surface area contributed by atoms with Crippen molar-refractivity contribution < 1.29 is 9.18 Å². The first-order valence-electron chi connectivity index (χ1n) is 10.6. The van der Waals surface area contributed by atoms with Crippen LogP contribution in [0.3, 0.4) is 0 Å². The monoisotopic (exact) mass is 424 g/mol. The molecule has 9 heteroatoms. The Morgan fingerprint density at radius 3 is 2.68 bits per heavy atom. The number of nitrogens with one attached hydrogen (secondary N) is 2. The summed E-state index contributed by atoms with van der Waals surface area (Å²) in [7, 11) is 1.49. The Balaban J connectivity index is 1.23. The third kappa shape index (κ3) is 3.93. The van der Waals surface area contributed by atoms with E-state index in [9.17, 15) is 14.0 Å². The van der Waals surface area contributed by atoms with Gasteiger partial charge < -0.3 is 15.2 Å². The highest BCUT2D eigenvalue weighted by molar-refractivity contribution is 5.94. The van der Waals surface area contributed by atoms with Crippen molar-refractivity contribution >= 4 is 17.2 Å². The van der Waals surface area contributed by atoms with Crippen LogP contribution in [0.2, 0.25) is 0 Å². The van der Waals surface area contributed by atoms with E-state index in [4.69, 9.17) is 0 Å². The molecule has 1 aliphatic heterocycles. The molecule has 162 valence electrons. The zero-order valence-electron chi connectivity index (χ0n) is 17.4. The Morgan fingerprint density at radius 1 is 1.23 bits per heavy atom. The second-order valence-electron chi connectivity index (χ2n) is 8.28. The van der Waals surface area contributed by atoms with Crippen LogP contribution in [0.4, 0.5) is 10.1 Å². The van der Waals surface area contributed by atoms with Crippen LogP contribution in [0.25, 0.3) is 5.65 Å². The average molecular weight is 424 g/mol. The van der Waals surface area contributed by atoms with Crippen LogP contribution < -0.4 is 15.8 Å². The van der Waals surface area contributed by atoms with E-state index in [1.54, 1.807) is 10.6 Å². The normalized spacial score (nSPS) is 17.3. The molecule has 31 heavy (non-hydrogen) atoms. The predicted molar refractivity (Wildman–Crippen MR) is 115 cm³/mol. The van der Waals surface area contributed by atoms with Gasteiger partial charge in [0.1, 0.15) is 11.5 Å². The van der Waals surface area contributed by atoms with Crippen molar-refractivity contribution in [3.63, 3.8) is 0 Å². The highest BCUT2D eigenvalue weighted by Crippen LogP contribution is 2.38. The van der Waals surface area contributed by atoms with Gasteiger partial charge in [-0.3, -0.25) is 14.5 Å². The van der Waals surface area contributed by atoms with Gasteiger partial charge in [0.15, 0.2) is 0 Å². The van der Waals surface area contributed by atoms with Crippen LogP contribution in [0.15, 0.2) is 35.3 Å². The van der Waals surface area contributed by atoms with E-state index in [0.717, 1.165) is 61.6 Å². The number of hydrogen-bond acceptors (Lipinski definition) is 5. The highest BCUT2D eigenvalue weighted by atomic mass is 19.1. The number of hydrogen-bond donors (Lipinski definition) is 2. The number of aromatic amines is 1. The first-order chi connectivity index (χ1) is 15.0. The largest absolute Gasteiger partial charge is 0.369 e. The fourth-order valence-electron chi connectivity index (χ4n) is 4.19. The molecule has 1 saturated carbocycles. The zero-order valence-corrected chi connectivity index (χ0v) is 17.4. The maximum Gasteiger partial charge on any atom is 0.254 e. The molecule has 2 aliphatic rings.